The molecule has 1 amide bonds. The zero-order valence-corrected chi connectivity index (χ0v) is 16.1. The average molecular weight is 387 g/mol. The molecule has 1 fully saturated rings. The van der Waals surface area contributed by atoms with E-state index in [2.05, 4.69) is 21.9 Å². The molecule has 0 unspecified atom stereocenters. The van der Waals surface area contributed by atoms with E-state index in [0.29, 0.717) is 23.2 Å². The van der Waals surface area contributed by atoms with Crippen LogP contribution in [-0.4, -0.2) is 45.5 Å². The van der Waals surface area contributed by atoms with E-state index in [4.69, 9.17) is 4.42 Å². The molecule has 27 heavy (non-hydrogen) atoms. The molecule has 0 spiro atoms. The summed E-state index contributed by atoms with van der Waals surface area (Å²) in [7, 11) is 1.67. The van der Waals surface area contributed by atoms with E-state index < -0.39 is 5.56 Å². The second-order valence-electron chi connectivity index (χ2n) is 6.99. The fourth-order valence-corrected chi connectivity index (χ4v) is 4.29. The molecule has 8 nitrogen and oxygen atoms in total. The summed E-state index contributed by atoms with van der Waals surface area (Å²) in [4.78, 5) is 33.1. The van der Waals surface area contributed by atoms with E-state index in [1.807, 2.05) is 0 Å². The Kier molecular flexibility index (Phi) is 4.69. The number of carbonyl (C=O) groups is 1. The third kappa shape index (κ3) is 3.59. The van der Waals surface area contributed by atoms with Gasteiger partial charge in [0.05, 0.1) is 12.8 Å². The van der Waals surface area contributed by atoms with Gasteiger partial charge in [-0.15, -0.1) is 5.10 Å². The minimum atomic E-state index is -0.438. The number of hydrogen-bond donors (Lipinski definition) is 0. The summed E-state index contributed by atoms with van der Waals surface area (Å²) in [6.45, 7) is 4.38. The fraction of sp³-hybridized carbons (Fsp3) is 0.444. The molecule has 1 atom stereocenters. The molecule has 1 saturated heterocycles. The van der Waals surface area contributed by atoms with E-state index in [-0.39, 0.29) is 11.6 Å². The zero-order chi connectivity index (χ0) is 19.0. The van der Waals surface area contributed by atoms with Crippen molar-refractivity contribution >= 4 is 27.3 Å². The van der Waals surface area contributed by atoms with Crippen LogP contribution < -0.4 is 10.5 Å². The molecule has 0 saturated carbocycles. The third-order valence-electron chi connectivity index (χ3n) is 4.71. The number of carbonyl (C=O) groups excluding carboxylic acids is 1. The molecular weight excluding hydrogens is 366 g/mol. The van der Waals surface area contributed by atoms with Gasteiger partial charge in [0.25, 0.3) is 11.5 Å². The van der Waals surface area contributed by atoms with Crippen LogP contribution in [0.5, 0.6) is 0 Å². The van der Waals surface area contributed by atoms with Crippen LogP contribution in [0.3, 0.4) is 0 Å². The molecule has 0 bridgehead atoms. The maximum absolute atomic E-state index is 12.9. The van der Waals surface area contributed by atoms with Crippen molar-refractivity contribution in [2.24, 2.45) is 5.92 Å². The largest absolute Gasteiger partial charge is 0.467 e. The number of amides is 1. The van der Waals surface area contributed by atoms with Crippen molar-refractivity contribution in [3.8, 4) is 0 Å². The second-order valence-corrected chi connectivity index (χ2v) is 7.93. The highest BCUT2D eigenvalue weighted by molar-refractivity contribution is 7.20. The van der Waals surface area contributed by atoms with Gasteiger partial charge in [0.15, 0.2) is 0 Å². The van der Waals surface area contributed by atoms with Crippen LogP contribution in [-0.2, 0) is 6.54 Å². The zero-order valence-electron chi connectivity index (χ0n) is 15.3. The van der Waals surface area contributed by atoms with E-state index in [0.717, 1.165) is 24.6 Å². The monoisotopic (exact) mass is 387 g/mol. The lowest BCUT2D eigenvalue weighted by atomic mass is 10.0. The SMILES string of the molecule is C[C@H]1CCCN(c2nn3c(C(=O)N(C)Cc4ccco4)cc(=O)nc3s2)C1. The Labute approximate surface area is 160 Å². The van der Waals surface area contributed by atoms with Gasteiger partial charge in [0.2, 0.25) is 10.1 Å². The Bertz CT molecular complexity index is 1010. The van der Waals surface area contributed by atoms with Gasteiger partial charge >= 0.3 is 0 Å². The van der Waals surface area contributed by atoms with Crippen molar-refractivity contribution < 1.29 is 9.21 Å². The van der Waals surface area contributed by atoms with Gasteiger partial charge in [-0.2, -0.15) is 9.50 Å². The van der Waals surface area contributed by atoms with Gasteiger partial charge in [-0.3, -0.25) is 9.59 Å². The van der Waals surface area contributed by atoms with Crippen LogP contribution in [0.2, 0.25) is 0 Å². The lowest BCUT2D eigenvalue weighted by molar-refractivity contribution is 0.0766. The number of aromatic nitrogens is 3. The number of nitrogens with zero attached hydrogens (tertiary/aromatic N) is 5. The first kappa shape index (κ1) is 17.7. The van der Waals surface area contributed by atoms with Crippen molar-refractivity contribution in [2.45, 2.75) is 26.3 Å². The topological polar surface area (TPSA) is 84.0 Å². The molecule has 4 heterocycles. The van der Waals surface area contributed by atoms with Crippen molar-refractivity contribution in [3.63, 3.8) is 0 Å². The average Bonchev–Trinajstić information content (AvgIpc) is 3.29. The van der Waals surface area contributed by atoms with Gasteiger partial charge in [-0.05, 0) is 30.9 Å². The molecule has 3 aromatic heterocycles. The molecule has 4 rings (SSSR count). The Morgan fingerprint density at radius 3 is 3.07 bits per heavy atom. The van der Waals surface area contributed by atoms with Gasteiger partial charge in [0, 0.05) is 26.2 Å². The quantitative estimate of drug-likeness (QED) is 0.683. The van der Waals surface area contributed by atoms with Crippen LogP contribution in [0.25, 0.3) is 4.96 Å². The summed E-state index contributed by atoms with van der Waals surface area (Å²) in [5, 5.41) is 5.40. The first-order valence-electron chi connectivity index (χ1n) is 8.95. The van der Waals surface area contributed by atoms with Crippen LogP contribution in [0, 0.1) is 5.92 Å². The second kappa shape index (κ2) is 7.15. The number of fused-ring (bicyclic) bond motifs is 1. The normalized spacial score (nSPS) is 17.4. The predicted octanol–water partition coefficient (Wildman–Crippen LogP) is 2.25. The molecule has 9 heteroatoms. The van der Waals surface area contributed by atoms with Crippen molar-refractivity contribution in [1.29, 1.82) is 0 Å². The highest BCUT2D eigenvalue weighted by Crippen LogP contribution is 2.27. The van der Waals surface area contributed by atoms with E-state index in [1.165, 1.54) is 33.2 Å². The van der Waals surface area contributed by atoms with E-state index in [9.17, 15) is 9.59 Å². The number of furan rings is 1. The summed E-state index contributed by atoms with van der Waals surface area (Å²) in [5.41, 5.74) is -0.224. The number of rotatable bonds is 4. The van der Waals surface area contributed by atoms with Gasteiger partial charge < -0.3 is 14.2 Å². The highest BCUT2D eigenvalue weighted by Gasteiger charge is 2.23. The van der Waals surface area contributed by atoms with Gasteiger partial charge in [-0.1, -0.05) is 18.3 Å². The molecule has 142 valence electrons. The summed E-state index contributed by atoms with van der Waals surface area (Å²) in [5.74, 6) is 0.967. The number of piperidine rings is 1. The molecule has 1 aliphatic heterocycles. The maximum atomic E-state index is 12.9. The van der Waals surface area contributed by atoms with Crippen molar-refractivity contribution in [2.75, 3.05) is 25.0 Å². The Morgan fingerprint density at radius 2 is 2.33 bits per heavy atom. The molecule has 0 aromatic carbocycles. The van der Waals surface area contributed by atoms with E-state index >= 15 is 0 Å². The smallest absolute Gasteiger partial charge is 0.274 e. The summed E-state index contributed by atoms with van der Waals surface area (Å²) >= 11 is 1.35. The van der Waals surface area contributed by atoms with Crippen molar-refractivity contribution in [1.82, 2.24) is 19.5 Å². The third-order valence-corrected chi connectivity index (χ3v) is 5.68. The van der Waals surface area contributed by atoms with Crippen molar-refractivity contribution in [3.05, 3.63) is 46.3 Å². The minimum absolute atomic E-state index is 0.214. The van der Waals surface area contributed by atoms with Crippen LogP contribution in [0.15, 0.2) is 33.7 Å². The molecule has 3 aromatic rings. The van der Waals surface area contributed by atoms with Crippen LogP contribution in [0.4, 0.5) is 5.13 Å². The summed E-state index contributed by atoms with van der Waals surface area (Å²) in [6, 6.07) is 4.82. The highest BCUT2D eigenvalue weighted by atomic mass is 32.1. The Balaban J connectivity index is 1.67. The summed E-state index contributed by atoms with van der Waals surface area (Å²) in [6.07, 6.45) is 3.88. The molecular formula is C18H21N5O3S. The van der Waals surface area contributed by atoms with Crippen LogP contribution >= 0.6 is 11.3 Å². The lowest BCUT2D eigenvalue weighted by Gasteiger charge is -2.30. The van der Waals surface area contributed by atoms with Crippen LogP contribution in [0.1, 0.15) is 36.0 Å². The Hall–Kier alpha value is -2.68. The number of anilines is 1. The first-order valence-corrected chi connectivity index (χ1v) is 9.76. The Morgan fingerprint density at radius 1 is 1.48 bits per heavy atom. The van der Waals surface area contributed by atoms with Gasteiger partial charge in [0.1, 0.15) is 11.5 Å². The molecule has 0 radical (unpaired) electrons. The standard InChI is InChI=1S/C18H21N5O3S/c1-12-5-3-7-22(10-12)18-20-23-14(9-15(24)19-17(23)27-18)16(25)21(2)11-13-6-4-8-26-13/h4,6,8-9,12H,3,5,7,10-11H2,1-2H3/t12-/m0/s1. The lowest BCUT2D eigenvalue weighted by Crippen LogP contribution is -2.34. The predicted molar refractivity (Wildman–Crippen MR) is 102 cm³/mol. The fourth-order valence-electron chi connectivity index (χ4n) is 3.35. The molecule has 0 N–H and O–H groups in total. The molecule has 1 aliphatic rings. The minimum Gasteiger partial charge on any atom is -0.467 e. The first-order chi connectivity index (χ1) is 13.0. The summed E-state index contributed by atoms with van der Waals surface area (Å²) < 4.78 is 6.79. The number of hydrogen-bond acceptors (Lipinski definition) is 7. The molecule has 0 aliphatic carbocycles. The maximum Gasteiger partial charge on any atom is 0.274 e. The van der Waals surface area contributed by atoms with E-state index in [1.54, 1.807) is 25.4 Å². The van der Waals surface area contributed by atoms with Gasteiger partial charge in [-0.25, -0.2) is 0 Å².